The number of carboxylic acid groups (broad SMARTS) is 1. The highest BCUT2D eigenvalue weighted by atomic mass is 35.5. The van der Waals surface area contributed by atoms with Gasteiger partial charge in [0.1, 0.15) is 18.3 Å². The summed E-state index contributed by atoms with van der Waals surface area (Å²) < 4.78 is 9.65. The van der Waals surface area contributed by atoms with Gasteiger partial charge < -0.3 is 28.8 Å². The number of halogens is 4. The molecule has 0 saturated heterocycles. The van der Waals surface area contributed by atoms with Gasteiger partial charge in [0.05, 0.1) is 28.6 Å². The first-order valence-corrected chi connectivity index (χ1v) is 16.8. The highest BCUT2D eigenvalue weighted by molar-refractivity contribution is 6.18. The molecule has 0 unspecified atom stereocenters. The lowest BCUT2D eigenvalue weighted by atomic mass is 10.2. The molecule has 46 heavy (non-hydrogen) atoms. The van der Waals surface area contributed by atoms with Crippen molar-refractivity contribution in [1.82, 2.24) is 19.1 Å². The Morgan fingerprint density at radius 2 is 1.22 bits per heavy atom. The number of rotatable bonds is 19. The number of hydrogen-bond donors (Lipinski definition) is 1. The van der Waals surface area contributed by atoms with Crippen LogP contribution in [0.2, 0.25) is 0 Å². The summed E-state index contributed by atoms with van der Waals surface area (Å²) in [6.45, 7) is 2.76. The molecule has 0 aliphatic heterocycles. The summed E-state index contributed by atoms with van der Waals surface area (Å²) >= 11 is 18.1. The van der Waals surface area contributed by atoms with Gasteiger partial charge in [0.25, 0.3) is 0 Å². The standard InChI is InChI=1S/C32H41Cl3N6O4.ClH/c1-38-28-12-10-24(22-26(28)36-29(38)5-3-7-31(42)43)41(18-15-35)19-20-45-32(44)8-4-6-30-37-25-21-23(9-11-27(25)39(30)2)40(16-13-33)17-14-34;/h9-12,21-22H,3-8,13-20H2,1-2H3,(H,42,43);1H. The van der Waals surface area contributed by atoms with Gasteiger partial charge in [0.15, 0.2) is 0 Å². The van der Waals surface area contributed by atoms with Crippen molar-refractivity contribution in [3.8, 4) is 0 Å². The van der Waals surface area contributed by atoms with Gasteiger partial charge in [-0.15, -0.1) is 47.2 Å². The topological polar surface area (TPSA) is 106 Å². The van der Waals surface area contributed by atoms with E-state index in [0.29, 0.717) is 75.9 Å². The summed E-state index contributed by atoms with van der Waals surface area (Å²) in [6.07, 6.45) is 2.82. The Morgan fingerprint density at radius 1 is 0.761 bits per heavy atom. The fourth-order valence-corrected chi connectivity index (χ4v) is 6.11. The summed E-state index contributed by atoms with van der Waals surface area (Å²) in [7, 11) is 3.93. The summed E-state index contributed by atoms with van der Waals surface area (Å²) in [5.41, 5.74) is 5.72. The van der Waals surface area contributed by atoms with Crippen molar-refractivity contribution in [3.05, 3.63) is 48.0 Å². The minimum atomic E-state index is -0.807. The maximum absolute atomic E-state index is 12.6. The van der Waals surface area contributed by atoms with Gasteiger partial charge in [0, 0.05) is 88.4 Å². The molecule has 0 radical (unpaired) electrons. The largest absolute Gasteiger partial charge is 0.481 e. The van der Waals surface area contributed by atoms with E-state index in [1.54, 1.807) is 0 Å². The molecule has 2 aromatic carbocycles. The normalized spacial score (nSPS) is 11.2. The van der Waals surface area contributed by atoms with Crippen LogP contribution in [0.15, 0.2) is 36.4 Å². The van der Waals surface area contributed by atoms with Crippen molar-refractivity contribution in [3.63, 3.8) is 0 Å². The van der Waals surface area contributed by atoms with Gasteiger partial charge in [-0.2, -0.15) is 0 Å². The minimum Gasteiger partial charge on any atom is -0.481 e. The number of alkyl halides is 3. The van der Waals surface area contributed by atoms with E-state index in [9.17, 15) is 9.59 Å². The number of imidazole rings is 2. The quantitative estimate of drug-likeness (QED) is 0.0907. The summed E-state index contributed by atoms with van der Waals surface area (Å²) in [5.74, 6) is 2.17. The lowest BCUT2D eigenvalue weighted by Crippen LogP contribution is -2.30. The molecule has 2 aromatic heterocycles. The number of carbonyl (C=O) groups excluding carboxylic acids is 1. The number of carboxylic acids is 1. The Balaban J connectivity index is 0.00000576. The molecule has 14 heteroatoms. The molecular formula is C32H42Cl4N6O4. The zero-order chi connectivity index (χ0) is 32.3. The molecule has 0 aliphatic rings. The van der Waals surface area contributed by atoms with Gasteiger partial charge in [-0.05, 0) is 49.2 Å². The Hall–Kier alpha value is -2.92. The van der Waals surface area contributed by atoms with E-state index in [2.05, 4.69) is 32.6 Å². The minimum absolute atomic E-state index is 0. The van der Waals surface area contributed by atoms with E-state index < -0.39 is 5.97 Å². The Labute approximate surface area is 291 Å². The number of esters is 1. The Bertz CT molecular complexity index is 1590. The van der Waals surface area contributed by atoms with E-state index in [4.69, 9.17) is 54.6 Å². The van der Waals surface area contributed by atoms with Crippen LogP contribution in [0.25, 0.3) is 22.1 Å². The summed E-state index contributed by atoms with van der Waals surface area (Å²) in [5, 5.41) is 8.94. The van der Waals surface area contributed by atoms with Gasteiger partial charge in [-0.1, -0.05) is 0 Å². The Kier molecular flexibility index (Phi) is 15.0. The molecule has 0 spiro atoms. The van der Waals surface area contributed by atoms with Crippen molar-refractivity contribution in [2.75, 3.05) is 60.2 Å². The van der Waals surface area contributed by atoms with Gasteiger partial charge in [0.2, 0.25) is 0 Å². The number of hydrogen-bond acceptors (Lipinski definition) is 7. The zero-order valence-electron chi connectivity index (χ0n) is 26.3. The smallest absolute Gasteiger partial charge is 0.305 e. The van der Waals surface area contributed by atoms with Crippen LogP contribution in [-0.4, -0.2) is 86.6 Å². The molecule has 1 N–H and O–H groups in total. The monoisotopic (exact) mass is 714 g/mol. The molecule has 0 saturated carbocycles. The van der Waals surface area contributed by atoms with E-state index in [1.165, 1.54) is 0 Å². The molecule has 4 aromatic rings. The first kappa shape index (κ1) is 37.5. The molecule has 0 amide bonds. The molecule has 2 heterocycles. The molecule has 0 aliphatic carbocycles. The van der Waals surface area contributed by atoms with E-state index in [1.807, 2.05) is 36.9 Å². The Morgan fingerprint density at radius 3 is 1.67 bits per heavy atom. The molecule has 0 atom stereocenters. The fraction of sp³-hybridized carbons (Fsp3) is 0.500. The van der Waals surface area contributed by atoms with Crippen molar-refractivity contribution >= 4 is 92.6 Å². The van der Waals surface area contributed by atoms with Gasteiger partial charge in [-0.3, -0.25) is 9.59 Å². The molecule has 4 rings (SSSR count). The average molecular weight is 717 g/mol. The number of ether oxygens (including phenoxy) is 1. The SMILES string of the molecule is Cl.Cn1c(CCCC(=O)O)nc2cc(N(CCCl)CCOC(=O)CCCc3nc4cc(N(CCCl)CCCl)ccc4n3C)ccc21. The van der Waals surface area contributed by atoms with Crippen LogP contribution in [0, 0.1) is 0 Å². The number of aromatic nitrogens is 4. The summed E-state index contributed by atoms with van der Waals surface area (Å²) in [4.78, 5) is 37.3. The lowest BCUT2D eigenvalue weighted by molar-refractivity contribution is -0.143. The van der Waals surface area contributed by atoms with Gasteiger partial charge >= 0.3 is 11.9 Å². The zero-order valence-corrected chi connectivity index (χ0v) is 29.3. The van der Waals surface area contributed by atoms with E-state index in [0.717, 1.165) is 45.1 Å². The number of nitrogens with zero attached hydrogens (tertiary/aromatic N) is 6. The second kappa shape index (κ2) is 18.4. The van der Waals surface area contributed by atoms with Crippen LogP contribution < -0.4 is 9.80 Å². The van der Waals surface area contributed by atoms with E-state index >= 15 is 0 Å². The van der Waals surface area contributed by atoms with Crippen molar-refractivity contribution in [1.29, 1.82) is 0 Å². The number of benzene rings is 2. The van der Waals surface area contributed by atoms with Crippen LogP contribution >= 0.6 is 47.2 Å². The highest BCUT2D eigenvalue weighted by Crippen LogP contribution is 2.25. The molecule has 0 fully saturated rings. The predicted octanol–water partition coefficient (Wildman–Crippen LogP) is 6.18. The third-order valence-corrected chi connectivity index (χ3v) is 8.41. The third-order valence-electron chi connectivity index (χ3n) is 7.90. The maximum Gasteiger partial charge on any atom is 0.305 e. The van der Waals surface area contributed by atoms with Gasteiger partial charge in [-0.25, -0.2) is 9.97 Å². The van der Waals surface area contributed by atoms with Crippen molar-refractivity contribution in [2.45, 2.75) is 38.5 Å². The fourth-order valence-electron chi connectivity index (χ4n) is 5.49. The summed E-state index contributed by atoms with van der Waals surface area (Å²) in [6, 6.07) is 12.2. The third kappa shape index (κ3) is 9.80. The molecule has 0 bridgehead atoms. The van der Waals surface area contributed by atoms with Crippen LogP contribution in [0.1, 0.15) is 37.3 Å². The number of anilines is 2. The number of aliphatic carboxylic acids is 1. The van der Waals surface area contributed by atoms with Crippen LogP contribution in [0.3, 0.4) is 0 Å². The number of aryl methyl sites for hydroxylation is 4. The lowest BCUT2D eigenvalue weighted by Gasteiger charge is -2.23. The van der Waals surface area contributed by atoms with Crippen LogP contribution in [0.5, 0.6) is 0 Å². The average Bonchev–Trinajstić information content (AvgIpc) is 3.50. The van der Waals surface area contributed by atoms with E-state index in [-0.39, 0.29) is 31.4 Å². The highest BCUT2D eigenvalue weighted by Gasteiger charge is 2.15. The first-order valence-electron chi connectivity index (χ1n) is 15.2. The van der Waals surface area contributed by atoms with Crippen LogP contribution in [0.4, 0.5) is 11.4 Å². The van der Waals surface area contributed by atoms with Crippen molar-refractivity contribution in [2.24, 2.45) is 14.1 Å². The first-order chi connectivity index (χ1) is 21.7. The van der Waals surface area contributed by atoms with Crippen LogP contribution in [-0.2, 0) is 41.3 Å². The second-order valence-electron chi connectivity index (χ2n) is 10.9. The predicted molar refractivity (Wildman–Crippen MR) is 190 cm³/mol. The van der Waals surface area contributed by atoms with Crippen molar-refractivity contribution < 1.29 is 19.4 Å². The molecule has 252 valence electrons. The number of carbonyl (C=O) groups is 2. The molecular weight excluding hydrogens is 674 g/mol. The number of fused-ring (bicyclic) bond motifs is 2. The maximum atomic E-state index is 12.6. The molecule has 10 nitrogen and oxygen atoms in total. The second-order valence-corrected chi connectivity index (χ2v) is 12.0.